The summed E-state index contributed by atoms with van der Waals surface area (Å²) >= 11 is 1.83. The lowest BCUT2D eigenvalue weighted by Gasteiger charge is -2.19. The highest BCUT2D eigenvalue weighted by Gasteiger charge is 2.19. The van der Waals surface area contributed by atoms with E-state index >= 15 is 0 Å². The zero-order valence-electron chi connectivity index (χ0n) is 27.0. The smallest absolute Gasteiger partial charge is 0.167 e. The van der Waals surface area contributed by atoms with Crippen LogP contribution in [0.3, 0.4) is 0 Å². The maximum atomic E-state index is 11.6. The van der Waals surface area contributed by atoms with Gasteiger partial charge >= 0.3 is 0 Å². The average Bonchev–Trinajstić information content (AvgIpc) is 3.68. The summed E-state index contributed by atoms with van der Waals surface area (Å²) in [5, 5.41) is 7.27. The molecule has 0 fully saturated rings. The number of Topliss-reactive ketones (excluding diaryl/α,β-unsaturated/α-hetero) is 1. The van der Waals surface area contributed by atoms with E-state index in [1.165, 1.54) is 10.5 Å². The van der Waals surface area contributed by atoms with E-state index in [2.05, 4.69) is 70.3 Å². The lowest BCUT2D eigenvalue weighted by Crippen LogP contribution is -2.10. The van der Waals surface area contributed by atoms with Gasteiger partial charge in [0.05, 0.1) is 5.69 Å². The molecule has 0 atom stereocenters. The van der Waals surface area contributed by atoms with Crippen molar-refractivity contribution in [3.05, 3.63) is 93.8 Å². The first-order chi connectivity index (χ1) is 19.3. The largest absolute Gasteiger partial charge is 0.356 e. The van der Waals surface area contributed by atoms with Crippen molar-refractivity contribution in [2.24, 2.45) is 5.92 Å². The molecule has 228 valence electrons. The summed E-state index contributed by atoms with van der Waals surface area (Å²) in [4.78, 5) is 13.1. The number of hydrogen-bond donors (Lipinski definition) is 0. The van der Waals surface area contributed by atoms with Gasteiger partial charge in [0.2, 0.25) is 0 Å². The van der Waals surface area contributed by atoms with Crippen molar-refractivity contribution in [3.63, 3.8) is 0 Å². The third-order valence-electron chi connectivity index (χ3n) is 5.73. The number of fused-ring (bicyclic) bond motifs is 2. The second kappa shape index (κ2) is 22.7. The minimum absolute atomic E-state index is 0. The normalized spacial score (nSPS) is 11.0. The summed E-state index contributed by atoms with van der Waals surface area (Å²) in [5.41, 5.74) is 5.24. The van der Waals surface area contributed by atoms with Crippen LogP contribution in [0.1, 0.15) is 135 Å². The Morgan fingerprint density at radius 2 is 1.27 bits per heavy atom. The molecule has 1 aliphatic carbocycles. The highest BCUT2D eigenvalue weighted by Crippen LogP contribution is 2.31. The van der Waals surface area contributed by atoms with E-state index in [0.717, 1.165) is 27.8 Å². The molecule has 0 spiro atoms. The van der Waals surface area contributed by atoms with Gasteiger partial charge in [0.1, 0.15) is 0 Å². The second-order valence-electron chi connectivity index (χ2n) is 9.38. The van der Waals surface area contributed by atoms with Gasteiger partial charge in [-0.1, -0.05) is 144 Å². The quantitative estimate of drug-likeness (QED) is 0.242. The van der Waals surface area contributed by atoms with E-state index in [1.807, 2.05) is 101 Å². The number of carbonyl (C=O) groups excluding carboxylic acids is 1. The molecule has 0 aliphatic heterocycles. The van der Waals surface area contributed by atoms with Crippen LogP contribution in [0.2, 0.25) is 0 Å². The summed E-state index contributed by atoms with van der Waals surface area (Å²) in [6, 6.07) is 20.1. The molecule has 4 heteroatoms. The van der Waals surface area contributed by atoms with Crippen molar-refractivity contribution >= 4 is 33.7 Å². The van der Waals surface area contributed by atoms with Crippen molar-refractivity contribution in [1.29, 1.82) is 0 Å². The number of ketones is 1. The molecular weight excluding hydrogens is 522 g/mol. The molecule has 0 amide bonds. The van der Waals surface area contributed by atoms with E-state index in [1.54, 1.807) is 0 Å². The molecule has 0 unspecified atom stereocenters. The van der Waals surface area contributed by atoms with Crippen LogP contribution in [0.4, 0.5) is 0 Å². The summed E-state index contributed by atoms with van der Waals surface area (Å²) in [6.07, 6.45) is 2.62. The number of allylic oxidation sites excluding steroid dienone is 2. The number of rotatable bonds is 3. The molecule has 0 radical (unpaired) electrons. The predicted molar refractivity (Wildman–Crippen MR) is 185 cm³/mol. The van der Waals surface area contributed by atoms with Gasteiger partial charge in [0, 0.05) is 22.2 Å². The molecule has 2 aromatic heterocycles. The van der Waals surface area contributed by atoms with Crippen molar-refractivity contribution in [1.82, 2.24) is 5.16 Å². The van der Waals surface area contributed by atoms with Crippen LogP contribution in [0.15, 0.2) is 76.6 Å². The average molecular weight is 580 g/mol. The summed E-state index contributed by atoms with van der Waals surface area (Å²) in [5.74, 6) is 1.86. The van der Waals surface area contributed by atoms with Gasteiger partial charge < -0.3 is 4.52 Å². The van der Waals surface area contributed by atoms with Gasteiger partial charge in [-0.2, -0.15) is 0 Å². The Hall–Kier alpha value is -2.98. The summed E-state index contributed by atoms with van der Waals surface area (Å²) in [7, 11) is 0. The fourth-order valence-corrected chi connectivity index (χ4v) is 4.63. The summed E-state index contributed by atoms with van der Waals surface area (Å²) < 4.78 is 5.16. The molecule has 0 N–H and O–H groups in total. The number of thiophene rings is 1. The fraction of sp³-hybridized carbons (Fsp3) is 0.459. The standard InChI is InChI=1S/C13H14O.C10H11NO.C7H10S.3C2H6.CH4/c1-9(2)10-7-8-13(14)12-6-4-3-5-11(10)12;1-7(2)10-8-5-3-4-6-9(8)12-11-10;1-6(2)7-4-3-5-8-7;3*1-2;/h3-7,9H,8H2,1-2H3;3-7H,1-2H3;3-6H,1-2H3;3*1-2H3;1H4. The molecule has 3 nitrogen and oxygen atoms in total. The second-order valence-corrected chi connectivity index (χ2v) is 10.4. The van der Waals surface area contributed by atoms with Gasteiger partial charge in [0.15, 0.2) is 11.4 Å². The molecule has 2 aromatic carbocycles. The Bertz CT molecular complexity index is 1230. The first-order valence-corrected chi connectivity index (χ1v) is 15.9. The first kappa shape index (κ1) is 40.2. The van der Waals surface area contributed by atoms with Crippen molar-refractivity contribution in [3.8, 4) is 0 Å². The molecule has 5 rings (SSSR count). The van der Waals surface area contributed by atoms with Crippen LogP contribution in [0.25, 0.3) is 16.5 Å². The van der Waals surface area contributed by atoms with E-state index in [0.29, 0.717) is 24.2 Å². The van der Waals surface area contributed by atoms with Crippen LogP contribution >= 0.6 is 11.3 Å². The number of aromatic nitrogens is 1. The van der Waals surface area contributed by atoms with Crippen molar-refractivity contribution in [2.75, 3.05) is 0 Å². The minimum Gasteiger partial charge on any atom is -0.356 e. The summed E-state index contributed by atoms with van der Waals surface area (Å²) in [6.45, 7) is 25.0. The van der Waals surface area contributed by atoms with Gasteiger partial charge in [-0.3, -0.25) is 4.79 Å². The maximum Gasteiger partial charge on any atom is 0.167 e. The lowest BCUT2D eigenvalue weighted by atomic mass is 9.85. The lowest BCUT2D eigenvalue weighted by molar-refractivity contribution is 0.0994. The number of carbonyl (C=O) groups is 1. The van der Waals surface area contributed by atoms with Gasteiger partial charge in [-0.25, -0.2) is 0 Å². The topological polar surface area (TPSA) is 43.1 Å². The Morgan fingerprint density at radius 1 is 0.707 bits per heavy atom. The third-order valence-corrected chi connectivity index (χ3v) is 6.91. The molecular formula is C37H57NO2S. The van der Waals surface area contributed by atoms with Gasteiger partial charge in [-0.05, 0) is 52.5 Å². The van der Waals surface area contributed by atoms with E-state index in [4.69, 9.17) is 4.52 Å². The van der Waals surface area contributed by atoms with Crippen LogP contribution < -0.4 is 0 Å². The van der Waals surface area contributed by atoms with E-state index in [-0.39, 0.29) is 13.2 Å². The highest BCUT2D eigenvalue weighted by molar-refractivity contribution is 7.10. The first-order valence-electron chi connectivity index (χ1n) is 15.0. The van der Waals surface area contributed by atoms with Crippen LogP contribution in [-0.2, 0) is 0 Å². The number of benzene rings is 2. The van der Waals surface area contributed by atoms with Crippen molar-refractivity contribution < 1.29 is 9.32 Å². The number of nitrogens with zero attached hydrogens (tertiary/aromatic N) is 1. The van der Waals surface area contributed by atoms with Crippen LogP contribution in [0, 0.1) is 5.92 Å². The molecule has 1 aliphatic rings. The molecule has 0 saturated carbocycles. The van der Waals surface area contributed by atoms with Crippen LogP contribution in [0.5, 0.6) is 0 Å². The van der Waals surface area contributed by atoms with Gasteiger partial charge in [0.25, 0.3) is 0 Å². The van der Waals surface area contributed by atoms with Crippen LogP contribution in [-0.4, -0.2) is 10.9 Å². The highest BCUT2D eigenvalue weighted by atomic mass is 32.1. The Kier molecular flexibility index (Phi) is 22.2. The molecule has 0 bridgehead atoms. The molecule has 0 saturated heterocycles. The Morgan fingerprint density at radius 3 is 1.76 bits per heavy atom. The van der Waals surface area contributed by atoms with E-state index in [9.17, 15) is 4.79 Å². The zero-order chi connectivity index (χ0) is 30.7. The molecule has 2 heterocycles. The fourth-order valence-electron chi connectivity index (χ4n) is 3.89. The van der Waals surface area contributed by atoms with E-state index < -0.39 is 0 Å². The Labute approximate surface area is 256 Å². The third kappa shape index (κ3) is 12.6. The Balaban J connectivity index is 0. The molecule has 41 heavy (non-hydrogen) atoms. The van der Waals surface area contributed by atoms with Crippen molar-refractivity contribution in [2.45, 2.75) is 109 Å². The van der Waals surface area contributed by atoms with Gasteiger partial charge in [-0.15, -0.1) is 11.3 Å². The molecule has 4 aromatic rings. The monoisotopic (exact) mass is 579 g/mol. The predicted octanol–water partition coefficient (Wildman–Crippen LogP) is 12.8. The SMILES string of the molecule is C.CC.CC.CC.CC(C)C1=CCC(=O)c2ccccc21.CC(C)c1cccs1.CC(C)c1noc2ccccc12. The maximum absolute atomic E-state index is 11.6. The number of para-hydroxylation sites is 1. The minimum atomic E-state index is 0. The zero-order valence-corrected chi connectivity index (χ0v) is 27.9. The number of hydrogen-bond acceptors (Lipinski definition) is 4.